The lowest BCUT2D eigenvalue weighted by atomic mass is 10.0. The van der Waals surface area contributed by atoms with Gasteiger partial charge in [0.05, 0.1) is 12.2 Å². The number of hydrogen-bond donors (Lipinski definition) is 1. The largest absolute Gasteiger partial charge is 0.454 e. The highest BCUT2D eigenvalue weighted by atomic mass is 16.7. The summed E-state index contributed by atoms with van der Waals surface area (Å²) in [4.78, 5) is 29.2. The fourth-order valence-corrected chi connectivity index (χ4v) is 3.48. The van der Waals surface area contributed by atoms with Crippen molar-refractivity contribution in [2.45, 2.75) is 45.3 Å². The Morgan fingerprint density at radius 3 is 2.63 bits per heavy atom. The molecule has 1 aromatic rings. The molecule has 2 aliphatic rings. The van der Waals surface area contributed by atoms with Gasteiger partial charge in [-0.2, -0.15) is 0 Å². The fourth-order valence-electron chi connectivity index (χ4n) is 3.48. The predicted molar refractivity (Wildman–Crippen MR) is 102 cm³/mol. The summed E-state index contributed by atoms with van der Waals surface area (Å²) in [7, 11) is 1.85. The highest BCUT2D eigenvalue weighted by Gasteiger charge is 2.26. The Balaban J connectivity index is 1.51. The summed E-state index contributed by atoms with van der Waals surface area (Å²) in [5.41, 5.74) is 0.575. The van der Waals surface area contributed by atoms with Gasteiger partial charge in [-0.15, -0.1) is 0 Å². The lowest BCUT2D eigenvalue weighted by Gasteiger charge is -2.30. The topological polar surface area (TPSA) is 71.1 Å². The third-order valence-corrected chi connectivity index (χ3v) is 5.48. The van der Waals surface area contributed by atoms with Crippen LogP contribution in [0.1, 0.15) is 43.5 Å². The van der Waals surface area contributed by atoms with E-state index in [-0.39, 0.29) is 30.7 Å². The van der Waals surface area contributed by atoms with Crippen molar-refractivity contribution in [1.29, 1.82) is 0 Å². The van der Waals surface area contributed by atoms with E-state index in [1.807, 2.05) is 25.8 Å². The minimum absolute atomic E-state index is 0.0176. The quantitative estimate of drug-likeness (QED) is 0.552. The summed E-state index contributed by atoms with van der Waals surface area (Å²) in [5.74, 6) is 1.25. The third-order valence-electron chi connectivity index (χ3n) is 5.48. The first-order chi connectivity index (χ1) is 13.0. The van der Waals surface area contributed by atoms with Gasteiger partial charge in [0.2, 0.25) is 12.7 Å². The molecule has 1 aromatic carbocycles. The van der Waals surface area contributed by atoms with Gasteiger partial charge in [0.15, 0.2) is 17.3 Å². The van der Waals surface area contributed by atoms with E-state index >= 15 is 0 Å². The van der Waals surface area contributed by atoms with E-state index in [0.717, 1.165) is 19.6 Å². The first-order valence-electron chi connectivity index (χ1n) is 9.63. The highest BCUT2D eigenvalue weighted by molar-refractivity contribution is 6.00. The molecule has 2 aliphatic heterocycles. The van der Waals surface area contributed by atoms with E-state index < -0.39 is 0 Å². The predicted octanol–water partition coefficient (Wildman–Crippen LogP) is 1.87. The summed E-state index contributed by atoms with van der Waals surface area (Å²) >= 11 is 0. The van der Waals surface area contributed by atoms with E-state index in [2.05, 4.69) is 10.2 Å². The van der Waals surface area contributed by atoms with Gasteiger partial charge < -0.3 is 19.7 Å². The van der Waals surface area contributed by atoms with E-state index in [0.29, 0.717) is 23.5 Å². The highest BCUT2D eigenvalue weighted by Crippen LogP contribution is 2.33. The van der Waals surface area contributed by atoms with Crippen molar-refractivity contribution >= 4 is 11.7 Å². The second-order valence-electron chi connectivity index (χ2n) is 7.32. The number of Topliss-reactive ketones (excluding diaryl/α,β-unsaturated/α-hetero) is 1. The number of carbonyl (C=O) groups is 2. The maximum Gasteiger partial charge on any atom is 0.231 e. The monoisotopic (exact) mass is 375 g/mol. The van der Waals surface area contributed by atoms with E-state index in [1.54, 1.807) is 18.2 Å². The molecule has 2 unspecified atom stereocenters. The molecule has 0 aromatic heterocycles. The third kappa shape index (κ3) is 4.78. The normalized spacial score (nSPS) is 18.5. The number of nitrogens with one attached hydrogen (secondary N) is 1. The van der Waals surface area contributed by atoms with Gasteiger partial charge in [0, 0.05) is 18.5 Å². The zero-order chi connectivity index (χ0) is 19.4. The molecule has 1 N–H and O–H groups in total. The molecule has 0 radical (unpaired) electrons. The van der Waals surface area contributed by atoms with Crippen LogP contribution in [0.2, 0.25) is 0 Å². The van der Waals surface area contributed by atoms with Crippen LogP contribution in [0, 0.1) is 0 Å². The van der Waals surface area contributed by atoms with Crippen LogP contribution in [0.25, 0.3) is 0 Å². The maximum atomic E-state index is 12.8. The molecule has 148 valence electrons. The van der Waals surface area contributed by atoms with E-state index in [4.69, 9.17) is 9.47 Å². The smallest absolute Gasteiger partial charge is 0.231 e. The number of rotatable bonds is 8. The Morgan fingerprint density at radius 2 is 1.89 bits per heavy atom. The van der Waals surface area contributed by atoms with Gasteiger partial charge in [-0.25, -0.2) is 0 Å². The Bertz CT molecular complexity index is 688. The molecular weight excluding hydrogens is 346 g/mol. The number of ether oxygens (including phenoxy) is 2. The van der Waals surface area contributed by atoms with Gasteiger partial charge >= 0.3 is 0 Å². The first kappa shape index (κ1) is 19.6. The molecule has 1 amide bonds. The molecular formula is C20H29N3O4. The van der Waals surface area contributed by atoms with Crippen LogP contribution >= 0.6 is 0 Å². The number of likely N-dealkylation sites (tertiary alicyclic amines) is 1. The molecule has 2 atom stereocenters. The Morgan fingerprint density at radius 1 is 1.19 bits per heavy atom. The molecule has 3 rings (SSSR count). The lowest BCUT2D eigenvalue weighted by Crippen LogP contribution is -2.50. The van der Waals surface area contributed by atoms with Crippen molar-refractivity contribution in [2.75, 3.05) is 33.5 Å². The lowest BCUT2D eigenvalue weighted by molar-refractivity contribution is -0.123. The van der Waals surface area contributed by atoms with Crippen LogP contribution in [0.4, 0.5) is 0 Å². The first-order valence-corrected chi connectivity index (χ1v) is 9.63. The molecule has 1 saturated heterocycles. The molecule has 1 fully saturated rings. The zero-order valence-electron chi connectivity index (χ0n) is 16.4. The van der Waals surface area contributed by atoms with Crippen LogP contribution in [-0.4, -0.2) is 67.2 Å². The summed E-state index contributed by atoms with van der Waals surface area (Å²) in [6.45, 7) is 6.90. The number of ketones is 1. The van der Waals surface area contributed by atoms with Gasteiger partial charge in [0.1, 0.15) is 0 Å². The molecule has 0 aliphatic carbocycles. The van der Waals surface area contributed by atoms with E-state index in [9.17, 15) is 9.59 Å². The maximum absolute atomic E-state index is 12.8. The average molecular weight is 375 g/mol. The molecule has 7 nitrogen and oxygen atoms in total. The minimum atomic E-state index is -0.376. The number of nitrogens with zero attached hydrogens (tertiary/aromatic N) is 2. The van der Waals surface area contributed by atoms with Crippen molar-refractivity contribution in [3.05, 3.63) is 23.8 Å². The Hall–Kier alpha value is -2.12. The Kier molecular flexibility index (Phi) is 6.34. The van der Waals surface area contributed by atoms with Crippen LogP contribution in [0.3, 0.4) is 0 Å². The molecule has 7 heteroatoms. The van der Waals surface area contributed by atoms with Crippen LogP contribution < -0.4 is 14.8 Å². The van der Waals surface area contributed by atoms with Gasteiger partial charge in [-0.05, 0) is 65.0 Å². The van der Waals surface area contributed by atoms with E-state index in [1.165, 1.54) is 12.8 Å². The summed E-state index contributed by atoms with van der Waals surface area (Å²) in [5, 5.41) is 3.00. The SMILES string of the molecule is CC(NC(=O)CCN1CCCC1)N(C)C(C)C(=O)c1ccc2c(c1)OCO2. The summed E-state index contributed by atoms with van der Waals surface area (Å²) in [6, 6.07) is 4.85. The fraction of sp³-hybridized carbons (Fsp3) is 0.600. The standard InChI is InChI=1S/C20H29N3O4/c1-14(20(25)16-6-7-17-18(12-16)27-13-26-17)22(3)15(2)21-19(24)8-11-23-9-4-5-10-23/h6-7,12,14-15H,4-5,8-11,13H2,1-3H3,(H,21,24). The minimum Gasteiger partial charge on any atom is -0.454 e. The number of amides is 1. The molecule has 27 heavy (non-hydrogen) atoms. The number of fused-ring (bicyclic) bond motifs is 1. The van der Waals surface area contributed by atoms with Gasteiger partial charge in [0.25, 0.3) is 0 Å². The van der Waals surface area contributed by atoms with Crippen LogP contribution in [0.15, 0.2) is 18.2 Å². The summed E-state index contributed by atoms with van der Waals surface area (Å²) in [6.07, 6.45) is 2.70. The second-order valence-corrected chi connectivity index (χ2v) is 7.32. The second kappa shape index (κ2) is 8.71. The average Bonchev–Trinajstić information content (AvgIpc) is 3.35. The van der Waals surface area contributed by atoms with Crippen LogP contribution in [-0.2, 0) is 4.79 Å². The molecule has 2 heterocycles. The van der Waals surface area contributed by atoms with Crippen molar-refractivity contribution in [2.24, 2.45) is 0 Å². The van der Waals surface area contributed by atoms with Gasteiger partial charge in [-0.3, -0.25) is 14.5 Å². The zero-order valence-corrected chi connectivity index (χ0v) is 16.4. The number of hydrogen-bond acceptors (Lipinski definition) is 6. The number of carbonyl (C=O) groups excluding carboxylic acids is 2. The number of benzene rings is 1. The molecule has 0 spiro atoms. The summed E-state index contributed by atoms with van der Waals surface area (Å²) < 4.78 is 10.6. The molecule has 0 saturated carbocycles. The van der Waals surface area contributed by atoms with Crippen molar-refractivity contribution in [1.82, 2.24) is 15.1 Å². The van der Waals surface area contributed by atoms with Gasteiger partial charge in [-0.1, -0.05) is 0 Å². The van der Waals surface area contributed by atoms with Crippen molar-refractivity contribution in [3.63, 3.8) is 0 Å². The Labute approximate surface area is 160 Å². The van der Waals surface area contributed by atoms with Crippen molar-refractivity contribution in [3.8, 4) is 11.5 Å². The van der Waals surface area contributed by atoms with Crippen LogP contribution in [0.5, 0.6) is 11.5 Å². The van der Waals surface area contributed by atoms with Crippen molar-refractivity contribution < 1.29 is 19.1 Å². The number of likely N-dealkylation sites (N-methyl/N-ethyl adjacent to an activating group) is 1. The molecule has 0 bridgehead atoms.